The zero-order chi connectivity index (χ0) is 22.1. The van der Waals surface area contributed by atoms with Crippen molar-refractivity contribution < 1.29 is 19.1 Å². The van der Waals surface area contributed by atoms with E-state index < -0.39 is 0 Å². The van der Waals surface area contributed by atoms with Crippen molar-refractivity contribution in [3.63, 3.8) is 0 Å². The second-order valence-electron chi connectivity index (χ2n) is 8.17. The molecule has 3 heterocycles. The summed E-state index contributed by atoms with van der Waals surface area (Å²) in [5.41, 5.74) is 3.71. The van der Waals surface area contributed by atoms with Gasteiger partial charge in [-0.25, -0.2) is 0 Å². The number of carbonyl (C=O) groups is 2. The molecule has 0 atom stereocenters. The molecule has 7 nitrogen and oxygen atoms in total. The summed E-state index contributed by atoms with van der Waals surface area (Å²) in [6.07, 6.45) is 0.841. The number of hydrogen-bond acceptors (Lipinski definition) is 6. The van der Waals surface area contributed by atoms with Crippen molar-refractivity contribution in [1.82, 2.24) is 9.80 Å². The average Bonchev–Trinajstić information content (AvgIpc) is 3.36. The summed E-state index contributed by atoms with van der Waals surface area (Å²) in [6, 6.07) is 15.5. The van der Waals surface area contributed by atoms with E-state index in [1.54, 1.807) is 7.11 Å². The van der Waals surface area contributed by atoms with Crippen LogP contribution in [0.5, 0.6) is 5.75 Å². The van der Waals surface area contributed by atoms with E-state index in [2.05, 4.69) is 11.0 Å². The highest BCUT2D eigenvalue weighted by molar-refractivity contribution is 6.37. The van der Waals surface area contributed by atoms with E-state index >= 15 is 0 Å². The van der Waals surface area contributed by atoms with Crippen molar-refractivity contribution >= 4 is 23.1 Å². The molecule has 0 bridgehead atoms. The van der Waals surface area contributed by atoms with Crippen molar-refractivity contribution in [3.05, 3.63) is 65.4 Å². The maximum absolute atomic E-state index is 13.7. The predicted molar refractivity (Wildman–Crippen MR) is 121 cm³/mol. The zero-order valence-electron chi connectivity index (χ0n) is 18.3. The highest BCUT2D eigenvalue weighted by atomic mass is 16.5. The summed E-state index contributed by atoms with van der Waals surface area (Å²) >= 11 is 0. The lowest BCUT2D eigenvalue weighted by Gasteiger charge is -2.28. The molecule has 0 N–H and O–H groups in total. The SMILES string of the molecule is COc1ccccc1C1=C(N2CCc3ccccc32)C(=O)N(CCN2CCOCC2)C1=O. The van der Waals surface area contributed by atoms with Gasteiger partial charge in [0.25, 0.3) is 11.8 Å². The number of morpholine rings is 1. The largest absolute Gasteiger partial charge is 0.496 e. The number of fused-ring (bicyclic) bond motifs is 1. The van der Waals surface area contributed by atoms with Crippen LogP contribution >= 0.6 is 0 Å². The number of para-hydroxylation sites is 2. The minimum atomic E-state index is -0.257. The maximum atomic E-state index is 13.7. The Morgan fingerprint density at radius 2 is 1.66 bits per heavy atom. The Kier molecular flexibility index (Phi) is 5.68. The molecule has 2 aromatic rings. The summed E-state index contributed by atoms with van der Waals surface area (Å²) in [5, 5.41) is 0. The number of imide groups is 1. The number of ether oxygens (including phenoxy) is 2. The first-order valence-corrected chi connectivity index (χ1v) is 11.1. The third kappa shape index (κ3) is 3.57. The van der Waals surface area contributed by atoms with Gasteiger partial charge in [-0.1, -0.05) is 36.4 Å². The number of carbonyl (C=O) groups excluding carboxylic acids is 2. The van der Waals surface area contributed by atoms with Gasteiger partial charge in [-0.3, -0.25) is 19.4 Å². The van der Waals surface area contributed by atoms with Crippen LogP contribution in [-0.2, 0) is 20.7 Å². The zero-order valence-corrected chi connectivity index (χ0v) is 18.3. The van der Waals surface area contributed by atoms with Crippen molar-refractivity contribution in [2.24, 2.45) is 0 Å². The molecule has 0 aliphatic carbocycles. The van der Waals surface area contributed by atoms with Gasteiger partial charge in [-0.15, -0.1) is 0 Å². The molecule has 32 heavy (non-hydrogen) atoms. The van der Waals surface area contributed by atoms with Crippen LogP contribution in [0.3, 0.4) is 0 Å². The van der Waals surface area contributed by atoms with Crippen LogP contribution in [0.4, 0.5) is 5.69 Å². The molecule has 0 radical (unpaired) electrons. The summed E-state index contributed by atoms with van der Waals surface area (Å²) in [4.78, 5) is 33.0. The third-order valence-electron chi connectivity index (χ3n) is 6.42. The van der Waals surface area contributed by atoms with E-state index in [-0.39, 0.29) is 11.8 Å². The Bertz CT molecular complexity index is 1070. The Hall–Kier alpha value is -3.16. The van der Waals surface area contributed by atoms with Crippen LogP contribution < -0.4 is 9.64 Å². The first-order valence-electron chi connectivity index (χ1n) is 11.1. The highest BCUT2D eigenvalue weighted by Crippen LogP contribution is 2.40. The van der Waals surface area contributed by atoms with Gasteiger partial charge in [-0.2, -0.15) is 0 Å². The van der Waals surface area contributed by atoms with E-state index in [0.29, 0.717) is 55.4 Å². The van der Waals surface area contributed by atoms with Gasteiger partial charge in [0.15, 0.2) is 0 Å². The van der Waals surface area contributed by atoms with Crippen LogP contribution in [0.25, 0.3) is 5.57 Å². The van der Waals surface area contributed by atoms with Crippen LogP contribution in [0.2, 0.25) is 0 Å². The lowest BCUT2D eigenvalue weighted by Crippen LogP contribution is -2.44. The van der Waals surface area contributed by atoms with Crippen molar-refractivity contribution in [2.75, 3.05) is 57.9 Å². The molecule has 0 unspecified atom stereocenters. The van der Waals surface area contributed by atoms with Gasteiger partial charge < -0.3 is 14.4 Å². The fourth-order valence-corrected chi connectivity index (χ4v) is 4.75. The van der Waals surface area contributed by atoms with Gasteiger partial charge >= 0.3 is 0 Å². The lowest BCUT2D eigenvalue weighted by atomic mass is 10.0. The smallest absolute Gasteiger partial charge is 0.278 e. The lowest BCUT2D eigenvalue weighted by molar-refractivity contribution is -0.137. The summed E-state index contributed by atoms with van der Waals surface area (Å²) in [7, 11) is 1.58. The van der Waals surface area contributed by atoms with E-state index in [9.17, 15) is 9.59 Å². The molecular formula is C25H27N3O4. The molecule has 3 aliphatic heterocycles. The molecular weight excluding hydrogens is 406 g/mol. The van der Waals surface area contributed by atoms with Crippen molar-refractivity contribution in [1.29, 1.82) is 0 Å². The Balaban J connectivity index is 1.53. The standard InChI is InChI=1S/C25H27N3O4/c1-31-21-9-5-3-7-19(21)22-23(27-11-10-18-6-2-4-8-20(18)27)25(30)28(24(22)29)13-12-26-14-16-32-17-15-26/h2-9H,10-17H2,1H3. The first-order chi connectivity index (χ1) is 15.7. The molecule has 2 amide bonds. The van der Waals surface area contributed by atoms with Gasteiger partial charge in [0.1, 0.15) is 11.4 Å². The van der Waals surface area contributed by atoms with Crippen LogP contribution in [-0.4, -0.2) is 74.7 Å². The minimum Gasteiger partial charge on any atom is -0.496 e. The van der Waals surface area contributed by atoms with E-state index in [1.165, 1.54) is 10.5 Å². The number of rotatable bonds is 6. The van der Waals surface area contributed by atoms with Gasteiger partial charge in [0.05, 0.1) is 25.9 Å². The van der Waals surface area contributed by atoms with Gasteiger partial charge in [0.2, 0.25) is 0 Å². The number of anilines is 1. The highest BCUT2D eigenvalue weighted by Gasteiger charge is 2.44. The monoisotopic (exact) mass is 433 g/mol. The normalized spacial score (nSPS) is 19.2. The number of methoxy groups -OCH3 is 1. The van der Waals surface area contributed by atoms with Crippen LogP contribution in [0, 0.1) is 0 Å². The third-order valence-corrected chi connectivity index (χ3v) is 6.42. The molecule has 166 valence electrons. The fourth-order valence-electron chi connectivity index (χ4n) is 4.75. The number of hydrogen-bond donors (Lipinski definition) is 0. The molecule has 0 aromatic heterocycles. The fraction of sp³-hybridized carbons (Fsp3) is 0.360. The van der Waals surface area contributed by atoms with Gasteiger partial charge in [-0.05, 0) is 24.1 Å². The Labute approximate surface area is 187 Å². The van der Waals surface area contributed by atoms with Gasteiger partial charge in [0, 0.05) is 44.0 Å². The molecule has 3 aliphatic rings. The summed E-state index contributed by atoms with van der Waals surface area (Å²) in [5.74, 6) is 0.0941. The van der Waals surface area contributed by atoms with Crippen LogP contribution in [0.1, 0.15) is 11.1 Å². The molecule has 2 aromatic carbocycles. The maximum Gasteiger partial charge on any atom is 0.278 e. The molecule has 7 heteroatoms. The van der Waals surface area contributed by atoms with E-state index in [0.717, 1.165) is 25.2 Å². The van der Waals surface area contributed by atoms with E-state index in [1.807, 2.05) is 47.4 Å². The number of nitrogens with zero attached hydrogens (tertiary/aromatic N) is 3. The van der Waals surface area contributed by atoms with Crippen molar-refractivity contribution in [2.45, 2.75) is 6.42 Å². The first kappa shape index (κ1) is 20.7. The minimum absolute atomic E-state index is 0.235. The van der Waals surface area contributed by atoms with Crippen molar-refractivity contribution in [3.8, 4) is 5.75 Å². The molecule has 0 saturated carbocycles. The molecule has 1 fully saturated rings. The van der Waals surface area contributed by atoms with E-state index in [4.69, 9.17) is 9.47 Å². The quantitative estimate of drug-likeness (QED) is 0.651. The Morgan fingerprint density at radius 3 is 2.47 bits per heavy atom. The number of benzene rings is 2. The molecule has 5 rings (SSSR count). The topological polar surface area (TPSA) is 62.3 Å². The second kappa shape index (κ2) is 8.76. The summed E-state index contributed by atoms with van der Waals surface area (Å²) < 4.78 is 11.0. The Morgan fingerprint density at radius 1 is 0.906 bits per heavy atom. The second-order valence-corrected chi connectivity index (χ2v) is 8.17. The number of amides is 2. The summed E-state index contributed by atoms with van der Waals surface area (Å²) in [6.45, 7) is 4.67. The van der Waals surface area contributed by atoms with Crippen LogP contribution in [0.15, 0.2) is 54.2 Å². The average molecular weight is 434 g/mol. The predicted octanol–water partition coefficient (Wildman–Crippen LogP) is 2.17. The molecule has 1 saturated heterocycles. The molecule has 0 spiro atoms.